The molecular formula is C15H26O2. The fourth-order valence-corrected chi connectivity index (χ4v) is 3.98. The highest BCUT2D eigenvalue weighted by Gasteiger charge is 2.35. The van der Waals surface area contributed by atoms with E-state index in [9.17, 15) is 4.79 Å². The van der Waals surface area contributed by atoms with Gasteiger partial charge in [-0.3, -0.25) is 4.79 Å². The second-order valence-electron chi connectivity index (χ2n) is 5.89. The van der Waals surface area contributed by atoms with Crippen LogP contribution in [-0.2, 0) is 4.79 Å². The molecule has 0 amide bonds. The van der Waals surface area contributed by atoms with Crippen LogP contribution >= 0.6 is 0 Å². The maximum Gasteiger partial charge on any atom is 0.138 e. The van der Waals surface area contributed by atoms with Crippen molar-refractivity contribution in [1.29, 1.82) is 0 Å². The second kappa shape index (κ2) is 6.53. The molecule has 0 aromatic carbocycles. The highest BCUT2D eigenvalue weighted by molar-refractivity contribution is 5.81. The van der Waals surface area contributed by atoms with Crippen LogP contribution in [0.3, 0.4) is 0 Å². The molecule has 2 nitrogen and oxygen atoms in total. The fourth-order valence-electron chi connectivity index (χ4n) is 3.98. The largest absolute Gasteiger partial charge is 0.396 e. The van der Waals surface area contributed by atoms with Gasteiger partial charge in [0.1, 0.15) is 5.78 Å². The molecule has 2 aliphatic carbocycles. The van der Waals surface area contributed by atoms with Crippen molar-refractivity contribution < 1.29 is 9.90 Å². The Kier molecular flexibility index (Phi) is 5.02. The summed E-state index contributed by atoms with van der Waals surface area (Å²) in [6.07, 6.45) is 12.0. The quantitative estimate of drug-likeness (QED) is 0.815. The van der Waals surface area contributed by atoms with Gasteiger partial charge in [0, 0.05) is 18.9 Å². The third-order valence-corrected chi connectivity index (χ3v) is 4.85. The SMILES string of the molecule is O=C(CCO)C1CCCCC1C1CCCCC1. The van der Waals surface area contributed by atoms with E-state index in [1.165, 1.54) is 51.4 Å². The van der Waals surface area contributed by atoms with Crippen LogP contribution in [0.1, 0.15) is 64.2 Å². The van der Waals surface area contributed by atoms with E-state index in [1.54, 1.807) is 0 Å². The van der Waals surface area contributed by atoms with Crippen LogP contribution in [0.2, 0.25) is 0 Å². The lowest BCUT2D eigenvalue weighted by atomic mass is 9.66. The molecule has 17 heavy (non-hydrogen) atoms. The smallest absolute Gasteiger partial charge is 0.138 e. The topological polar surface area (TPSA) is 37.3 Å². The van der Waals surface area contributed by atoms with E-state index in [-0.39, 0.29) is 12.5 Å². The van der Waals surface area contributed by atoms with E-state index in [0.29, 0.717) is 18.1 Å². The first-order valence-corrected chi connectivity index (χ1v) is 7.46. The molecule has 98 valence electrons. The van der Waals surface area contributed by atoms with Crippen LogP contribution in [0.5, 0.6) is 0 Å². The summed E-state index contributed by atoms with van der Waals surface area (Å²) in [5.74, 6) is 2.06. The highest BCUT2D eigenvalue weighted by Crippen LogP contribution is 2.42. The predicted molar refractivity (Wildman–Crippen MR) is 68.7 cm³/mol. The van der Waals surface area contributed by atoms with Gasteiger partial charge < -0.3 is 5.11 Å². The summed E-state index contributed by atoms with van der Waals surface area (Å²) < 4.78 is 0. The summed E-state index contributed by atoms with van der Waals surface area (Å²) in [6, 6.07) is 0. The van der Waals surface area contributed by atoms with Gasteiger partial charge in [0.25, 0.3) is 0 Å². The van der Waals surface area contributed by atoms with Gasteiger partial charge in [0.15, 0.2) is 0 Å². The molecule has 0 radical (unpaired) electrons. The lowest BCUT2D eigenvalue weighted by Gasteiger charge is -2.38. The molecule has 1 N–H and O–H groups in total. The molecule has 0 bridgehead atoms. The lowest BCUT2D eigenvalue weighted by molar-refractivity contribution is -0.127. The van der Waals surface area contributed by atoms with Crippen molar-refractivity contribution in [1.82, 2.24) is 0 Å². The first-order chi connectivity index (χ1) is 8.33. The normalized spacial score (nSPS) is 31.4. The van der Waals surface area contributed by atoms with E-state index < -0.39 is 0 Å². The Morgan fingerprint density at radius 1 is 0.941 bits per heavy atom. The van der Waals surface area contributed by atoms with Crippen LogP contribution in [0.4, 0.5) is 0 Å². The Labute approximate surface area is 105 Å². The van der Waals surface area contributed by atoms with Gasteiger partial charge in [-0.05, 0) is 24.7 Å². The number of carbonyl (C=O) groups excluding carboxylic acids is 1. The molecule has 0 aliphatic heterocycles. The molecule has 2 heteroatoms. The molecule has 2 rings (SSSR count). The number of ketones is 1. The first-order valence-electron chi connectivity index (χ1n) is 7.46. The minimum atomic E-state index is 0.0344. The molecule has 2 atom stereocenters. The number of hydrogen-bond donors (Lipinski definition) is 1. The number of rotatable bonds is 4. The maximum atomic E-state index is 12.1. The summed E-state index contributed by atoms with van der Waals surface area (Å²) >= 11 is 0. The van der Waals surface area contributed by atoms with Crippen LogP contribution in [-0.4, -0.2) is 17.5 Å². The summed E-state index contributed by atoms with van der Waals surface area (Å²) in [4.78, 5) is 12.1. The number of aliphatic hydroxyl groups is 1. The Bertz CT molecular complexity index is 243. The molecule has 2 saturated carbocycles. The van der Waals surface area contributed by atoms with Crippen LogP contribution in [0.25, 0.3) is 0 Å². The Hall–Kier alpha value is -0.370. The average molecular weight is 238 g/mol. The summed E-state index contributed by atoms with van der Waals surface area (Å²) in [5, 5.41) is 8.94. The zero-order valence-electron chi connectivity index (χ0n) is 10.9. The van der Waals surface area contributed by atoms with Crippen molar-refractivity contribution in [3.05, 3.63) is 0 Å². The predicted octanol–water partition coefficient (Wildman–Crippen LogP) is 3.32. The zero-order chi connectivity index (χ0) is 12.1. The third kappa shape index (κ3) is 3.31. The zero-order valence-corrected chi connectivity index (χ0v) is 10.9. The van der Waals surface area contributed by atoms with Crippen LogP contribution < -0.4 is 0 Å². The summed E-state index contributed by atoms with van der Waals surface area (Å²) in [6.45, 7) is 0.0344. The Morgan fingerprint density at radius 3 is 2.29 bits per heavy atom. The summed E-state index contributed by atoms with van der Waals surface area (Å²) in [5.41, 5.74) is 0. The van der Waals surface area contributed by atoms with Gasteiger partial charge >= 0.3 is 0 Å². The van der Waals surface area contributed by atoms with Gasteiger partial charge in [-0.25, -0.2) is 0 Å². The fraction of sp³-hybridized carbons (Fsp3) is 0.933. The molecule has 0 aromatic rings. The van der Waals surface area contributed by atoms with Gasteiger partial charge in [0.05, 0.1) is 0 Å². The Balaban J connectivity index is 1.97. The van der Waals surface area contributed by atoms with Crippen molar-refractivity contribution >= 4 is 5.78 Å². The average Bonchev–Trinajstić information content (AvgIpc) is 2.40. The standard InChI is InChI=1S/C15H26O2/c16-11-10-15(17)14-9-5-4-8-13(14)12-6-2-1-3-7-12/h12-14,16H,1-11H2. The van der Waals surface area contributed by atoms with Crippen LogP contribution in [0, 0.1) is 17.8 Å². The maximum absolute atomic E-state index is 12.1. The van der Waals surface area contributed by atoms with Gasteiger partial charge in [0.2, 0.25) is 0 Å². The third-order valence-electron chi connectivity index (χ3n) is 4.85. The molecule has 0 aromatic heterocycles. The van der Waals surface area contributed by atoms with Gasteiger partial charge in [-0.15, -0.1) is 0 Å². The molecule has 0 heterocycles. The van der Waals surface area contributed by atoms with E-state index in [1.807, 2.05) is 0 Å². The molecule has 0 saturated heterocycles. The van der Waals surface area contributed by atoms with E-state index >= 15 is 0 Å². The van der Waals surface area contributed by atoms with Gasteiger partial charge in [-0.2, -0.15) is 0 Å². The van der Waals surface area contributed by atoms with Crippen molar-refractivity contribution in [3.8, 4) is 0 Å². The van der Waals surface area contributed by atoms with Crippen molar-refractivity contribution in [2.45, 2.75) is 64.2 Å². The lowest BCUT2D eigenvalue weighted by Crippen LogP contribution is -2.33. The first kappa shape index (κ1) is 13.1. The number of hydrogen-bond acceptors (Lipinski definition) is 2. The Morgan fingerprint density at radius 2 is 1.59 bits per heavy atom. The molecule has 0 spiro atoms. The minimum absolute atomic E-state index is 0.0344. The van der Waals surface area contributed by atoms with Gasteiger partial charge in [-0.1, -0.05) is 44.9 Å². The monoisotopic (exact) mass is 238 g/mol. The van der Waals surface area contributed by atoms with E-state index in [0.717, 1.165) is 12.3 Å². The molecule has 2 unspecified atom stereocenters. The second-order valence-corrected chi connectivity index (χ2v) is 5.89. The number of carbonyl (C=O) groups is 1. The summed E-state index contributed by atoms with van der Waals surface area (Å²) in [7, 11) is 0. The number of aliphatic hydroxyl groups excluding tert-OH is 1. The van der Waals surface area contributed by atoms with Crippen LogP contribution in [0.15, 0.2) is 0 Å². The number of Topliss-reactive ketones (excluding diaryl/α,β-unsaturated/α-hetero) is 1. The highest BCUT2D eigenvalue weighted by atomic mass is 16.3. The van der Waals surface area contributed by atoms with E-state index in [2.05, 4.69) is 0 Å². The minimum Gasteiger partial charge on any atom is -0.396 e. The van der Waals surface area contributed by atoms with E-state index in [4.69, 9.17) is 5.11 Å². The van der Waals surface area contributed by atoms with Crippen molar-refractivity contribution in [2.75, 3.05) is 6.61 Å². The molecule has 2 aliphatic rings. The molecule has 2 fully saturated rings. The van der Waals surface area contributed by atoms with Crippen molar-refractivity contribution in [2.24, 2.45) is 17.8 Å². The molecular weight excluding hydrogens is 212 g/mol. The van der Waals surface area contributed by atoms with Crippen molar-refractivity contribution in [3.63, 3.8) is 0 Å².